The van der Waals surface area contributed by atoms with Crippen molar-refractivity contribution in [2.24, 2.45) is 0 Å². The van der Waals surface area contributed by atoms with Crippen molar-refractivity contribution in [1.82, 2.24) is 30.0 Å². The van der Waals surface area contributed by atoms with Gasteiger partial charge in [-0.05, 0) is 85.7 Å². The Kier molecular flexibility index (Phi) is 12.4. The van der Waals surface area contributed by atoms with E-state index >= 15 is 0 Å². The van der Waals surface area contributed by atoms with Crippen LogP contribution in [0, 0.1) is 0 Å². The molecule has 8 rings (SSSR count). The number of anilines is 2. The third kappa shape index (κ3) is 8.94. The van der Waals surface area contributed by atoms with E-state index in [1.807, 2.05) is 72.8 Å². The molecule has 2 saturated heterocycles. The van der Waals surface area contributed by atoms with Gasteiger partial charge in [-0.15, -0.1) is 10.2 Å². The van der Waals surface area contributed by atoms with Crippen molar-refractivity contribution in [3.8, 4) is 0 Å². The van der Waals surface area contributed by atoms with Gasteiger partial charge in [0.2, 0.25) is 0 Å². The summed E-state index contributed by atoms with van der Waals surface area (Å²) in [5, 5.41) is 16.6. The summed E-state index contributed by atoms with van der Waals surface area (Å²) in [5.74, 6) is -0.870. The standard InChI is InChI=1S/2C21H22N4O3/c2*1-2-28-21(26)20(25-19-6-4-3-5-18(19)22-23-25)15-16-7-9-17(10-8-16)24-11-13-27-14-12-24/h2*3-10,15H,2,11-14H2,1H3/b2*20-15-. The first-order valence-electron chi connectivity index (χ1n) is 18.8. The van der Waals surface area contributed by atoms with Gasteiger partial charge in [-0.25, -0.2) is 19.0 Å². The third-order valence-corrected chi connectivity index (χ3v) is 9.27. The van der Waals surface area contributed by atoms with E-state index in [9.17, 15) is 9.59 Å². The summed E-state index contributed by atoms with van der Waals surface area (Å²) in [4.78, 5) is 29.8. The molecule has 0 atom stereocenters. The monoisotopic (exact) mass is 756 g/mol. The molecular weight excluding hydrogens is 713 g/mol. The van der Waals surface area contributed by atoms with Gasteiger partial charge in [0.15, 0.2) is 11.4 Å². The largest absolute Gasteiger partial charge is 0.461 e. The fourth-order valence-corrected chi connectivity index (χ4v) is 6.44. The van der Waals surface area contributed by atoms with Crippen molar-refractivity contribution in [3.63, 3.8) is 0 Å². The number of fused-ring (bicyclic) bond motifs is 2. The minimum atomic E-state index is -0.435. The minimum Gasteiger partial charge on any atom is -0.461 e. The molecule has 56 heavy (non-hydrogen) atoms. The van der Waals surface area contributed by atoms with Crippen molar-refractivity contribution in [2.45, 2.75) is 13.8 Å². The Balaban J connectivity index is 0.000000172. The number of para-hydroxylation sites is 2. The number of carbonyl (C=O) groups is 2. The van der Waals surface area contributed by atoms with Crippen molar-refractivity contribution in [3.05, 3.63) is 108 Å². The highest BCUT2D eigenvalue weighted by molar-refractivity contribution is 6.17. The Morgan fingerprint density at radius 1 is 0.571 bits per heavy atom. The second kappa shape index (κ2) is 18.3. The highest BCUT2D eigenvalue weighted by Crippen LogP contribution is 2.24. The number of morpholine rings is 2. The van der Waals surface area contributed by atoms with E-state index in [4.69, 9.17) is 18.9 Å². The maximum absolute atomic E-state index is 12.6. The highest BCUT2D eigenvalue weighted by atomic mass is 16.5. The lowest BCUT2D eigenvalue weighted by atomic mass is 10.1. The Morgan fingerprint density at radius 3 is 1.32 bits per heavy atom. The normalized spacial score (nSPS) is 15.0. The molecule has 0 amide bonds. The van der Waals surface area contributed by atoms with Gasteiger partial charge in [0.05, 0.1) is 50.7 Å². The summed E-state index contributed by atoms with van der Waals surface area (Å²) < 4.78 is 24.4. The molecular formula is C42H44N8O6. The molecule has 2 aliphatic heterocycles. The summed E-state index contributed by atoms with van der Waals surface area (Å²) in [7, 11) is 0. The van der Waals surface area contributed by atoms with E-state index in [0.717, 1.165) is 97.2 Å². The number of carbonyl (C=O) groups excluding carboxylic acids is 2. The fraction of sp³-hybridized carbons (Fsp3) is 0.286. The summed E-state index contributed by atoms with van der Waals surface area (Å²) in [5.41, 5.74) is 7.68. The first-order chi connectivity index (χ1) is 27.5. The zero-order chi connectivity index (χ0) is 38.7. The van der Waals surface area contributed by atoms with Gasteiger partial charge >= 0.3 is 11.9 Å². The number of hydrogen-bond donors (Lipinski definition) is 0. The van der Waals surface area contributed by atoms with Crippen LogP contribution in [0.15, 0.2) is 97.1 Å². The summed E-state index contributed by atoms with van der Waals surface area (Å²) >= 11 is 0. The quantitative estimate of drug-likeness (QED) is 0.126. The minimum absolute atomic E-state index is 0.290. The molecule has 0 radical (unpaired) electrons. The van der Waals surface area contributed by atoms with Crippen molar-refractivity contribution in [2.75, 3.05) is 75.6 Å². The second-order valence-electron chi connectivity index (χ2n) is 12.9. The molecule has 4 heterocycles. The van der Waals surface area contributed by atoms with E-state index in [1.165, 1.54) is 9.36 Å². The summed E-state index contributed by atoms with van der Waals surface area (Å²) in [6, 6.07) is 31.2. The molecule has 0 aliphatic carbocycles. The molecule has 6 aromatic rings. The number of esters is 2. The summed E-state index contributed by atoms with van der Waals surface area (Å²) in [6.07, 6.45) is 3.56. The van der Waals surface area contributed by atoms with Gasteiger partial charge in [-0.1, -0.05) is 59.0 Å². The third-order valence-electron chi connectivity index (χ3n) is 9.27. The smallest absolute Gasteiger partial charge is 0.357 e. The van der Waals surface area contributed by atoms with E-state index in [0.29, 0.717) is 24.6 Å². The lowest BCUT2D eigenvalue weighted by Crippen LogP contribution is -2.36. The molecule has 288 valence electrons. The lowest BCUT2D eigenvalue weighted by Gasteiger charge is -2.28. The van der Waals surface area contributed by atoms with E-state index in [2.05, 4.69) is 54.7 Å². The van der Waals surface area contributed by atoms with Crippen LogP contribution in [-0.4, -0.2) is 108 Å². The molecule has 2 fully saturated rings. The number of rotatable bonds is 10. The SMILES string of the molecule is CCOC(=O)/C(=C/c1ccc(N2CCOCC2)cc1)n1nnc2ccccc21.CCOC(=O)/C(=C/c1ccc(N2CCOCC2)cc1)n1nnc2ccccc21. The maximum atomic E-state index is 12.6. The summed E-state index contributed by atoms with van der Waals surface area (Å²) in [6.45, 7) is 10.7. The molecule has 2 aliphatic rings. The number of nitrogens with zero attached hydrogens (tertiary/aromatic N) is 8. The van der Waals surface area contributed by atoms with E-state index in [1.54, 1.807) is 26.0 Å². The number of hydrogen-bond acceptors (Lipinski definition) is 12. The highest BCUT2D eigenvalue weighted by Gasteiger charge is 2.20. The van der Waals surface area contributed by atoms with Crippen molar-refractivity contribution < 1.29 is 28.5 Å². The van der Waals surface area contributed by atoms with Crippen LogP contribution < -0.4 is 9.80 Å². The average Bonchev–Trinajstić information content (AvgIpc) is 3.88. The molecule has 0 unspecified atom stereocenters. The Bertz CT molecular complexity index is 2140. The second-order valence-corrected chi connectivity index (χ2v) is 12.9. The zero-order valence-corrected chi connectivity index (χ0v) is 31.5. The van der Waals surface area contributed by atoms with Crippen LogP contribution in [0.5, 0.6) is 0 Å². The molecule has 0 saturated carbocycles. The lowest BCUT2D eigenvalue weighted by molar-refractivity contribution is -0.137. The number of ether oxygens (including phenoxy) is 4. The molecule has 0 N–H and O–H groups in total. The van der Waals surface area contributed by atoms with Gasteiger partial charge in [-0.3, -0.25) is 0 Å². The predicted molar refractivity (Wildman–Crippen MR) is 216 cm³/mol. The van der Waals surface area contributed by atoms with Gasteiger partial charge in [-0.2, -0.15) is 0 Å². The zero-order valence-electron chi connectivity index (χ0n) is 31.5. The molecule has 0 spiro atoms. The molecule has 14 nitrogen and oxygen atoms in total. The van der Waals surface area contributed by atoms with E-state index in [-0.39, 0.29) is 0 Å². The van der Waals surface area contributed by atoms with Crippen LogP contribution >= 0.6 is 0 Å². The Labute approximate surface area is 324 Å². The average molecular weight is 757 g/mol. The number of benzene rings is 4. The van der Waals surface area contributed by atoms with Gasteiger partial charge < -0.3 is 28.7 Å². The number of aromatic nitrogens is 6. The molecule has 4 aromatic carbocycles. The molecule has 2 aromatic heterocycles. The van der Waals surface area contributed by atoms with Gasteiger partial charge in [0, 0.05) is 37.6 Å². The Morgan fingerprint density at radius 2 is 0.946 bits per heavy atom. The maximum Gasteiger partial charge on any atom is 0.357 e. The van der Waals surface area contributed by atoms with Crippen molar-refractivity contribution >= 4 is 68.9 Å². The first-order valence-corrected chi connectivity index (χ1v) is 18.8. The van der Waals surface area contributed by atoms with Crippen LogP contribution in [0.3, 0.4) is 0 Å². The van der Waals surface area contributed by atoms with E-state index < -0.39 is 11.9 Å². The molecule has 0 bridgehead atoms. The topological polar surface area (TPSA) is 139 Å². The first kappa shape index (κ1) is 37.9. The van der Waals surface area contributed by atoms with Crippen LogP contribution in [0.1, 0.15) is 25.0 Å². The van der Waals surface area contributed by atoms with Crippen LogP contribution in [0.2, 0.25) is 0 Å². The van der Waals surface area contributed by atoms with Gasteiger partial charge in [0.1, 0.15) is 11.0 Å². The van der Waals surface area contributed by atoms with Crippen molar-refractivity contribution in [1.29, 1.82) is 0 Å². The van der Waals surface area contributed by atoms with Crippen LogP contribution in [-0.2, 0) is 28.5 Å². The molecule has 14 heteroatoms. The fourth-order valence-electron chi connectivity index (χ4n) is 6.44. The predicted octanol–water partition coefficient (Wildman–Crippen LogP) is 5.66. The Hall–Kier alpha value is -6.38. The van der Waals surface area contributed by atoms with Crippen LogP contribution in [0.4, 0.5) is 11.4 Å². The van der Waals surface area contributed by atoms with Crippen LogP contribution in [0.25, 0.3) is 45.6 Å². The van der Waals surface area contributed by atoms with Gasteiger partial charge in [0.25, 0.3) is 0 Å².